The van der Waals surface area contributed by atoms with Crippen LogP contribution < -0.4 is 0 Å². The van der Waals surface area contributed by atoms with E-state index in [-0.39, 0.29) is 59.5 Å². The molecule has 6 aromatic carbocycles. The number of aryl methyl sites for hydroxylation is 4. The van der Waals surface area contributed by atoms with Crippen molar-refractivity contribution in [2.45, 2.75) is 27.7 Å². The molecule has 250 valence electrons. The van der Waals surface area contributed by atoms with Crippen LogP contribution >= 0.6 is 0 Å². The van der Waals surface area contributed by atoms with Crippen LogP contribution in [0.1, 0.15) is 36.0 Å². The molecule has 0 amide bonds. The maximum absolute atomic E-state index is 8.45. The van der Waals surface area contributed by atoms with Gasteiger partial charge in [0.25, 0.3) is 0 Å². The van der Waals surface area contributed by atoms with Gasteiger partial charge in [-0.2, -0.15) is 0 Å². The quantitative estimate of drug-likeness (QED) is 0.168. The summed E-state index contributed by atoms with van der Waals surface area (Å²) in [4.78, 5) is 9.37. The Hall–Kier alpha value is -6.38. The van der Waals surface area contributed by atoms with Gasteiger partial charge < -0.3 is 0 Å². The minimum absolute atomic E-state index is 0.132. The Morgan fingerprint density at radius 1 is 0.385 bits per heavy atom. The van der Waals surface area contributed by atoms with E-state index in [2.05, 4.69) is 84.5 Å². The molecule has 0 N–H and O–H groups in total. The van der Waals surface area contributed by atoms with Crippen molar-refractivity contribution in [3.8, 4) is 78.1 Å². The van der Waals surface area contributed by atoms with Gasteiger partial charge in [-0.05, 0) is 95.5 Å². The summed E-state index contributed by atoms with van der Waals surface area (Å²) in [6.45, 7) is 7.90. The molecule has 0 atom stereocenters. The van der Waals surface area contributed by atoms with Crippen molar-refractivity contribution in [1.29, 1.82) is 0 Å². The van der Waals surface area contributed by atoms with Crippen LogP contribution in [0.5, 0.6) is 0 Å². The van der Waals surface area contributed by atoms with Crippen molar-refractivity contribution in [3.63, 3.8) is 0 Å². The molecule has 2 aromatic heterocycles. The van der Waals surface area contributed by atoms with Gasteiger partial charge in [0, 0.05) is 34.6 Å². The molecule has 0 aliphatic rings. The molecule has 0 unspecified atom stereocenters. The second-order valence-corrected chi connectivity index (χ2v) is 13.0. The van der Waals surface area contributed by atoms with E-state index in [1.807, 2.05) is 50.2 Å². The lowest BCUT2D eigenvalue weighted by Gasteiger charge is -2.18. The highest BCUT2D eigenvalue weighted by Gasteiger charge is 2.16. The van der Waals surface area contributed by atoms with E-state index in [1.54, 1.807) is 12.4 Å². The zero-order chi connectivity index (χ0) is 44.3. The number of nitrogens with zero attached hydrogens (tertiary/aromatic N) is 2. The molecule has 2 nitrogen and oxygen atoms in total. The lowest BCUT2D eigenvalue weighted by Crippen LogP contribution is -1.93. The molecule has 0 radical (unpaired) electrons. The third-order valence-electron chi connectivity index (χ3n) is 9.32. The minimum atomic E-state index is -0.429. The zero-order valence-electron chi connectivity index (χ0n) is 39.3. The largest absolute Gasteiger partial charge is 0.256 e. The maximum atomic E-state index is 8.45. The Morgan fingerprint density at radius 2 is 0.788 bits per heavy atom. The lowest BCUT2D eigenvalue weighted by atomic mass is 9.86. The van der Waals surface area contributed by atoms with Crippen molar-refractivity contribution in [1.82, 2.24) is 9.97 Å². The van der Waals surface area contributed by atoms with Crippen LogP contribution in [0.2, 0.25) is 0 Å². The number of hydrogen-bond acceptors (Lipinski definition) is 2. The molecule has 52 heavy (non-hydrogen) atoms. The zero-order valence-corrected chi connectivity index (χ0v) is 29.3. The average Bonchev–Trinajstić information content (AvgIpc) is 3.27. The fourth-order valence-electron chi connectivity index (χ4n) is 6.83. The van der Waals surface area contributed by atoms with Gasteiger partial charge in [-0.15, -0.1) is 0 Å². The van der Waals surface area contributed by atoms with E-state index < -0.39 is 12.1 Å². The van der Waals surface area contributed by atoms with E-state index >= 15 is 0 Å². The van der Waals surface area contributed by atoms with Crippen molar-refractivity contribution < 1.29 is 13.7 Å². The Labute approximate surface area is 321 Å². The first-order valence-electron chi connectivity index (χ1n) is 22.1. The Balaban J connectivity index is 1.15. The van der Waals surface area contributed by atoms with Crippen molar-refractivity contribution in [3.05, 3.63) is 192 Å². The van der Waals surface area contributed by atoms with Gasteiger partial charge in [0.2, 0.25) is 0 Å². The fraction of sp³-hybridized carbons (Fsp3) is 0.0800. The third-order valence-corrected chi connectivity index (χ3v) is 9.32. The van der Waals surface area contributed by atoms with Crippen LogP contribution in [-0.2, 0) is 0 Å². The molecule has 0 saturated carbocycles. The molecule has 2 heterocycles. The molecular formula is C50H40N2. The summed E-state index contributed by atoms with van der Waals surface area (Å²) in [5.41, 5.74) is 14.4. The van der Waals surface area contributed by atoms with Crippen LogP contribution in [0.3, 0.4) is 0 Å². The predicted octanol–water partition coefficient (Wildman–Crippen LogP) is 13.4. The summed E-state index contributed by atoms with van der Waals surface area (Å²) < 4.78 is 82.2. The lowest BCUT2D eigenvalue weighted by molar-refractivity contribution is 1.29. The summed E-state index contributed by atoms with van der Waals surface area (Å²) in [5.74, 6) is 0. The van der Waals surface area contributed by atoms with E-state index in [1.165, 1.54) is 0 Å². The number of benzene rings is 6. The number of hydrogen-bond donors (Lipinski definition) is 0. The Kier molecular flexibility index (Phi) is 6.28. The van der Waals surface area contributed by atoms with Crippen LogP contribution in [0.4, 0.5) is 0 Å². The summed E-state index contributed by atoms with van der Waals surface area (Å²) in [6.07, 6.45) is 3.16. The van der Waals surface area contributed by atoms with Gasteiger partial charge in [-0.25, -0.2) is 0 Å². The van der Waals surface area contributed by atoms with Gasteiger partial charge in [-0.3, -0.25) is 9.97 Å². The summed E-state index contributed by atoms with van der Waals surface area (Å²) >= 11 is 0. The molecular weight excluding hydrogens is 629 g/mol. The predicted molar refractivity (Wildman–Crippen MR) is 219 cm³/mol. The van der Waals surface area contributed by atoms with E-state index in [4.69, 9.17) is 13.7 Å². The maximum Gasteiger partial charge on any atom is 0.0705 e. The minimum Gasteiger partial charge on any atom is -0.256 e. The van der Waals surface area contributed by atoms with Crippen LogP contribution in [0.15, 0.2) is 170 Å². The SMILES string of the molecule is [2H]c1c([2H])c([2H])c(-c2cnc(-c3ccc(-c4cccc(-c5ccc(-c6cc(C)c(-c7c([2H])c([2H])c([2H])c([2H])c7[2H])cn6)cc5)c4-c4cc(C)cc(C)c4)cc3)cc2C)c([2H])c1[2H]. The molecule has 8 aromatic rings. The van der Waals surface area contributed by atoms with Gasteiger partial charge >= 0.3 is 0 Å². The highest BCUT2D eigenvalue weighted by atomic mass is 14.7. The monoisotopic (exact) mass is 678 g/mol. The molecule has 0 fully saturated rings. The first-order chi connectivity index (χ1) is 29.5. The van der Waals surface area contributed by atoms with Crippen molar-refractivity contribution in [2.24, 2.45) is 0 Å². The van der Waals surface area contributed by atoms with Crippen LogP contribution in [-0.4, -0.2) is 9.97 Å². The van der Waals surface area contributed by atoms with E-state index in [0.717, 1.165) is 66.8 Å². The third kappa shape index (κ3) is 6.59. The van der Waals surface area contributed by atoms with Crippen molar-refractivity contribution >= 4 is 0 Å². The normalized spacial score (nSPS) is 13.8. The molecule has 0 aliphatic heterocycles. The molecule has 8 rings (SSSR count). The number of rotatable bonds is 7. The Bertz CT molecular complexity index is 2850. The van der Waals surface area contributed by atoms with Crippen LogP contribution in [0.25, 0.3) is 78.1 Å². The van der Waals surface area contributed by atoms with Gasteiger partial charge in [0.05, 0.1) is 25.1 Å². The molecule has 2 heteroatoms. The van der Waals surface area contributed by atoms with E-state index in [0.29, 0.717) is 22.5 Å². The molecule has 0 aliphatic carbocycles. The first kappa shape index (κ1) is 23.2. The molecule has 0 spiro atoms. The van der Waals surface area contributed by atoms with Crippen molar-refractivity contribution in [2.75, 3.05) is 0 Å². The van der Waals surface area contributed by atoms with E-state index in [9.17, 15) is 0 Å². The first-order valence-corrected chi connectivity index (χ1v) is 17.1. The molecule has 0 saturated heterocycles. The second kappa shape index (κ2) is 14.1. The summed E-state index contributed by atoms with van der Waals surface area (Å²) in [5, 5.41) is 0. The van der Waals surface area contributed by atoms with Gasteiger partial charge in [0.1, 0.15) is 0 Å². The second-order valence-electron chi connectivity index (χ2n) is 13.0. The smallest absolute Gasteiger partial charge is 0.0705 e. The average molecular weight is 679 g/mol. The molecule has 0 bridgehead atoms. The van der Waals surface area contributed by atoms with Crippen LogP contribution in [0, 0.1) is 27.7 Å². The van der Waals surface area contributed by atoms with Gasteiger partial charge in [-0.1, -0.05) is 156 Å². The van der Waals surface area contributed by atoms with Gasteiger partial charge in [0.15, 0.2) is 0 Å². The number of aromatic nitrogens is 2. The summed E-state index contributed by atoms with van der Waals surface area (Å²) in [7, 11) is 0. The topological polar surface area (TPSA) is 25.8 Å². The Morgan fingerprint density at radius 3 is 1.19 bits per heavy atom. The standard InChI is InChI=1S/C50H40N2/c1-33-26-34(2)28-43(27-33)50-44(39-18-22-41(23-19-39)48-29-35(3)46(31-51-48)37-12-7-5-8-13-37)16-11-17-45(50)40-20-24-42(25-21-40)49-30-36(4)47(32-52-49)38-14-9-6-10-15-38/h5-32H,1-4H3/i5D,6D,7D,8D,9D,10D,12D,13D,14D,15D. The number of pyridine rings is 2. The summed E-state index contributed by atoms with van der Waals surface area (Å²) in [6, 6.07) is 29.6. The highest BCUT2D eigenvalue weighted by Crippen LogP contribution is 2.42. The highest BCUT2D eigenvalue weighted by molar-refractivity contribution is 5.95. The fourth-order valence-corrected chi connectivity index (χ4v) is 6.83.